The van der Waals surface area contributed by atoms with Crippen molar-refractivity contribution in [1.82, 2.24) is 5.32 Å². The number of halogens is 1. The maximum atomic E-state index is 12.7. The Morgan fingerprint density at radius 1 is 0.966 bits per heavy atom. The fourth-order valence-corrected chi connectivity index (χ4v) is 3.36. The summed E-state index contributed by atoms with van der Waals surface area (Å²) >= 11 is 3.51. The third kappa shape index (κ3) is 5.53. The van der Waals surface area contributed by atoms with Crippen LogP contribution in [-0.4, -0.2) is 25.5 Å². The van der Waals surface area contributed by atoms with Gasteiger partial charge in [0, 0.05) is 15.7 Å². The minimum Gasteiger partial charge on any atom is -0.468 e. The Morgan fingerprint density at radius 3 is 2.28 bits per heavy atom. The van der Waals surface area contributed by atoms with Crippen LogP contribution >= 0.6 is 15.9 Å². The smallest absolute Gasteiger partial charge is 0.319 e. The van der Waals surface area contributed by atoms with Gasteiger partial charge in [0.15, 0.2) is 0 Å². The van der Waals surface area contributed by atoms with E-state index in [0.29, 0.717) is 11.3 Å². The van der Waals surface area contributed by atoms with Crippen LogP contribution in [0.2, 0.25) is 0 Å². The highest BCUT2D eigenvalue weighted by molar-refractivity contribution is 9.10. The molecule has 29 heavy (non-hydrogen) atoms. The fourth-order valence-electron chi connectivity index (χ4n) is 2.98. The van der Waals surface area contributed by atoms with E-state index in [9.17, 15) is 9.59 Å². The van der Waals surface area contributed by atoms with Crippen molar-refractivity contribution >= 4 is 33.5 Å². The number of nitrogens with one attached hydrogen (secondary N) is 2. The lowest BCUT2D eigenvalue weighted by Crippen LogP contribution is -2.30. The summed E-state index contributed by atoms with van der Waals surface area (Å²) in [6.45, 7) is 0.0364. The van der Waals surface area contributed by atoms with E-state index in [1.807, 2.05) is 66.7 Å². The number of methoxy groups -OCH3 is 1. The van der Waals surface area contributed by atoms with Crippen molar-refractivity contribution in [3.63, 3.8) is 0 Å². The Bertz CT molecular complexity index is 978. The van der Waals surface area contributed by atoms with Gasteiger partial charge in [0.25, 0.3) is 5.91 Å². The zero-order valence-corrected chi connectivity index (χ0v) is 17.5. The number of benzene rings is 3. The first-order valence-electron chi connectivity index (χ1n) is 9.09. The van der Waals surface area contributed by atoms with Gasteiger partial charge >= 0.3 is 5.97 Å². The van der Waals surface area contributed by atoms with E-state index < -0.39 is 0 Å². The van der Waals surface area contributed by atoms with E-state index in [1.54, 1.807) is 12.1 Å². The molecule has 3 aromatic carbocycles. The first-order valence-corrected chi connectivity index (χ1v) is 9.89. The maximum absolute atomic E-state index is 12.7. The van der Waals surface area contributed by atoms with Gasteiger partial charge in [0.2, 0.25) is 0 Å². The number of anilines is 1. The van der Waals surface area contributed by atoms with Gasteiger partial charge in [-0.25, -0.2) is 0 Å². The lowest BCUT2D eigenvalue weighted by Gasteiger charge is -2.23. The quantitative estimate of drug-likeness (QED) is 0.515. The van der Waals surface area contributed by atoms with Gasteiger partial charge < -0.3 is 10.1 Å². The zero-order valence-electron chi connectivity index (χ0n) is 15.9. The Labute approximate surface area is 178 Å². The van der Waals surface area contributed by atoms with Crippen LogP contribution in [0.3, 0.4) is 0 Å². The van der Waals surface area contributed by atoms with Crippen molar-refractivity contribution in [2.45, 2.75) is 6.04 Å². The van der Waals surface area contributed by atoms with Gasteiger partial charge in [-0.15, -0.1) is 0 Å². The number of amides is 1. The predicted octanol–water partition coefficient (Wildman–Crippen LogP) is 4.55. The number of carbonyl (C=O) groups excluding carboxylic acids is 2. The summed E-state index contributed by atoms with van der Waals surface area (Å²) < 4.78 is 5.63. The molecule has 5 nitrogen and oxygen atoms in total. The summed E-state index contributed by atoms with van der Waals surface area (Å²) in [5.74, 6) is -0.565. The first kappa shape index (κ1) is 20.8. The lowest BCUT2D eigenvalue weighted by atomic mass is 9.96. The molecule has 0 saturated heterocycles. The van der Waals surface area contributed by atoms with Crippen molar-refractivity contribution < 1.29 is 14.3 Å². The van der Waals surface area contributed by atoms with Gasteiger partial charge in [-0.2, -0.15) is 0 Å². The van der Waals surface area contributed by atoms with E-state index in [1.165, 1.54) is 7.11 Å². The second-order valence-electron chi connectivity index (χ2n) is 6.35. The number of esters is 1. The standard InChI is InChI=1S/C23H21BrN2O3/c1-29-21(27)15-25-22(16-8-4-2-5-9-16)19-14-18(24)12-13-20(19)26-23(28)17-10-6-3-7-11-17/h2-14,22,25H,15H2,1H3,(H,26,28)/t22-/m1/s1. The number of hydrogen-bond donors (Lipinski definition) is 2. The second-order valence-corrected chi connectivity index (χ2v) is 7.27. The van der Waals surface area contributed by atoms with Crippen LogP contribution in [0.25, 0.3) is 0 Å². The summed E-state index contributed by atoms with van der Waals surface area (Å²) in [5.41, 5.74) is 3.02. The van der Waals surface area contributed by atoms with Crippen LogP contribution in [0.4, 0.5) is 5.69 Å². The minimum absolute atomic E-state index is 0.0364. The molecular weight excluding hydrogens is 432 g/mol. The highest BCUT2D eigenvalue weighted by Gasteiger charge is 2.20. The van der Waals surface area contributed by atoms with Crippen LogP contribution < -0.4 is 10.6 Å². The van der Waals surface area contributed by atoms with Crippen LogP contribution in [0.1, 0.15) is 27.5 Å². The molecule has 0 spiro atoms. The fraction of sp³-hybridized carbons (Fsp3) is 0.130. The molecule has 0 saturated carbocycles. The van der Waals surface area contributed by atoms with Crippen molar-refractivity contribution in [3.8, 4) is 0 Å². The molecule has 6 heteroatoms. The van der Waals surface area contributed by atoms with E-state index in [2.05, 4.69) is 26.6 Å². The van der Waals surface area contributed by atoms with Crippen LogP contribution in [-0.2, 0) is 9.53 Å². The lowest BCUT2D eigenvalue weighted by molar-refractivity contribution is -0.139. The average Bonchev–Trinajstić information content (AvgIpc) is 2.76. The number of rotatable bonds is 7. The Morgan fingerprint density at radius 2 is 1.62 bits per heavy atom. The van der Waals surface area contributed by atoms with E-state index in [4.69, 9.17) is 4.74 Å². The Hall–Kier alpha value is -2.96. The third-order valence-electron chi connectivity index (χ3n) is 4.42. The SMILES string of the molecule is COC(=O)CN[C@H](c1ccccc1)c1cc(Br)ccc1NC(=O)c1ccccc1. The first-order chi connectivity index (χ1) is 14.1. The highest BCUT2D eigenvalue weighted by atomic mass is 79.9. The van der Waals surface area contributed by atoms with Crippen molar-refractivity contribution in [2.75, 3.05) is 19.0 Å². The summed E-state index contributed by atoms with van der Waals surface area (Å²) in [7, 11) is 1.35. The van der Waals surface area contributed by atoms with Crippen LogP contribution in [0.5, 0.6) is 0 Å². The van der Waals surface area contributed by atoms with E-state index >= 15 is 0 Å². The molecule has 0 radical (unpaired) electrons. The molecular formula is C23H21BrN2O3. The van der Waals surface area contributed by atoms with Gasteiger partial charge in [0.1, 0.15) is 0 Å². The zero-order chi connectivity index (χ0) is 20.6. The number of hydrogen-bond acceptors (Lipinski definition) is 4. The minimum atomic E-state index is -0.365. The molecule has 0 bridgehead atoms. The molecule has 2 N–H and O–H groups in total. The summed E-state index contributed by atoms with van der Waals surface area (Å²) in [5, 5.41) is 6.23. The van der Waals surface area contributed by atoms with Gasteiger partial charge in [-0.3, -0.25) is 14.9 Å². The topological polar surface area (TPSA) is 67.4 Å². The second kappa shape index (κ2) is 10.0. The number of carbonyl (C=O) groups is 2. The maximum Gasteiger partial charge on any atom is 0.319 e. The summed E-state index contributed by atoms with van der Waals surface area (Å²) in [6, 6.07) is 24.1. The predicted molar refractivity (Wildman–Crippen MR) is 117 cm³/mol. The van der Waals surface area contributed by atoms with Crippen LogP contribution in [0.15, 0.2) is 83.3 Å². The molecule has 0 aliphatic heterocycles. The Kier molecular flexibility index (Phi) is 7.16. The molecule has 1 atom stereocenters. The van der Waals surface area contributed by atoms with Crippen molar-refractivity contribution in [3.05, 3.63) is 100 Å². The normalized spacial score (nSPS) is 11.5. The van der Waals surface area contributed by atoms with Gasteiger partial charge in [-0.1, -0.05) is 64.5 Å². The average molecular weight is 453 g/mol. The molecule has 0 unspecified atom stereocenters. The highest BCUT2D eigenvalue weighted by Crippen LogP contribution is 2.31. The largest absolute Gasteiger partial charge is 0.468 e. The van der Waals surface area contributed by atoms with Crippen LogP contribution in [0, 0.1) is 0 Å². The summed E-state index contributed by atoms with van der Waals surface area (Å²) in [6.07, 6.45) is 0. The van der Waals surface area contributed by atoms with Crippen molar-refractivity contribution in [2.24, 2.45) is 0 Å². The van der Waals surface area contributed by atoms with E-state index in [0.717, 1.165) is 15.6 Å². The third-order valence-corrected chi connectivity index (χ3v) is 4.91. The van der Waals surface area contributed by atoms with Gasteiger partial charge in [0.05, 0.1) is 19.7 Å². The number of ether oxygens (including phenoxy) is 1. The summed E-state index contributed by atoms with van der Waals surface area (Å²) in [4.78, 5) is 24.4. The monoisotopic (exact) mass is 452 g/mol. The Balaban J connectivity index is 1.97. The van der Waals surface area contributed by atoms with Crippen molar-refractivity contribution in [1.29, 1.82) is 0 Å². The molecule has 1 amide bonds. The van der Waals surface area contributed by atoms with E-state index in [-0.39, 0.29) is 24.5 Å². The molecule has 0 aliphatic carbocycles. The molecule has 0 aliphatic rings. The molecule has 148 valence electrons. The molecule has 3 aromatic rings. The molecule has 0 fully saturated rings. The van der Waals surface area contributed by atoms with Gasteiger partial charge in [-0.05, 0) is 41.5 Å². The molecule has 3 rings (SSSR count). The molecule has 0 heterocycles. The molecule has 0 aromatic heterocycles.